The zero-order valence-corrected chi connectivity index (χ0v) is 15.8. The summed E-state index contributed by atoms with van der Waals surface area (Å²) in [6.07, 6.45) is 3.44. The van der Waals surface area contributed by atoms with Gasteiger partial charge in [0.1, 0.15) is 24.2 Å². The van der Waals surface area contributed by atoms with Crippen LogP contribution in [0.1, 0.15) is 24.2 Å². The van der Waals surface area contributed by atoms with E-state index in [4.69, 9.17) is 25.5 Å². The summed E-state index contributed by atoms with van der Waals surface area (Å²) in [7, 11) is 0. The molecule has 0 aliphatic carbocycles. The maximum absolute atomic E-state index is 10.4. The van der Waals surface area contributed by atoms with Gasteiger partial charge in [0.15, 0.2) is 0 Å². The van der Waals surface area contributed by atoms with Gasteiger partial charge in [-0.05, 0) is 55.7 Å². The van der Waals surface area contributed by atoms with Crippen LogP contribution in [-0.4, -0.2) is 48.5 Å². The fourth-order valence-corrected chi connectivity index (χ4v) is 3.27. The third kappa shape index (κ3) is 5.74. The molecule has 1 aliphatic heterocycles. The first-order valence-corrected chi connectivity index (χ1v) is 9.41. The molecule has 1 aromatic carbocycles. The third-order valence-corrected chi connectivity index (χ3v) is 4.91. The van der Waals surface area contributed by atoms with Crippen molar-refractivity contribution in [3.63, 3.8) is 0 Å². The Morgan fingerprint density at radius 3 is 2.96 bits per heavy atom. The van der Waals surface area contributed by atoms with Crippen molar-refractivity contribution in [2.75, 3.05) is 26.3 Å². The lowest BCUT2D eigenvalue weighted by Crippen LogP contribution is -2.39. The van der Waals surface area contributed by atoms with Gasteiger partial charge < -0.3 is 19.0 Å². The van der Waals surface area contributed by atoms with Crippen molar-refractivity contribution in [3.05, 3.63) is 52.9 Å². The normalized spacial score (nSPS) is 18.4. The Hall–Kier alpha value is -1.53. The quantitative estimate of drug-likeness (QED) is 0.720. The minimum atomic E-state index is -0.609. The molecule has 3 rings (SSSR count). The number of aryl methyl sites for hydroxylation is 1. The number of hydrogen-bond donors (Lipinski definition) is 1. The molecule has 1 N–H and O–H groups in total. The van der Waals surface area contributed by atoms with Gasteiger partial charge in [-0.2, -0.15) is 0 Å². The molecule has 2 unspecified atom stereocenters. The van der Waals surface area contributed by atoms with Crippen molar-refractivity contribution in [2.24, 2.45) is 0 Å². The summed E-state index contributed by atoms with van der Waals surface area (Å²) in [5, 5.41) is 11.2. The summed E-state index contributed by atoms with van der Waals surface area (Å²) >= 11 is 6.03. The highest BCUT2D eigenvalue weighted by Gasteiger charge is 2.22. The standard InChI is InChI=1S/C20H26ClNO4/c1-15-10-17(6-7-20(15)21)26-14-16(23)11-22(12-18-4-2-8-24-18)13-19-5-3-9-25-19/h2,4,6-8,10,16,19,23H,3,5,9,11-14H2,1H3. The smallest absolute Gasteiger partial charge is 0.119 e. The number of ether oxygens (including phenoxy) is 2. The average molecular weight is 380 g/mol. The molecule has 0 amide bonds. The Morgan fingerprint density at radius 2 is 2.27 bits per heavy atom. The van der Waals surface area contributed by atoms with Crippen molar-refractivity contribution in [1.82, 2.24) is 4.90 Å². The second-order valence-electron chi connectivity index (χ2n) is 6.78. The molecule has 1 fully saturated rings. The second kappa shape index (κ2) is 9.42. The minimum absolute atomic E-state index is 0.219. The molecule has 2 atom stereocenters. The Balaban J connectivity index is 1.53. The topological polar surface area (TPSA) is 55.1 Å². The van der Waals surface area contributed by atoms with E-state index >= 15 is 0 Å². The van der Waals surface area contributed by atoms with Gasteiger partial charge in [0, 0.05) is 24.7 Å². The molecule has 26 heavy (non-hydrogen) atoms. The largest absolute Gasteiger partial charge is 0.491 e. The Morgan fingerprint density at radius 1 is 1.38 bits per heavy atom. The molecule has 1 saturated heterocycles. The Labute approximate surface area is 159 Å². The minimum Gasteiger partial charge on any atom is -0.491 e. The van der Waals surface area contributed by atoms with Crippen LogP contribution >= 0.6 is 11.6 Å². The molecule has 6 heteroatoms. The summed E-state index contributed by atoms with van der Waals surface area (Å²) < 4.78 is 16.9. The van der Waals surface area contributed by atoms with E-state index in [1.54, 1.807) is 12.3 Å². The molecule has 0 bridgehead atoms. The molecule has 2 aromatic rings. The molecule has 142 valence electrons. The lowest BCUT2D eigenvalue weighted by molar-refractivity contribution is 0.0290. The molecule has 2 heterocycles. The number of halogens is 1. The number of hydrogen-bond acceptors (Lipinski definition) is 5. The molecular formula is C20H26ClNO4. The molecule has 0 spiro atoms. The van der Waals surface area contributed by atoms with Crippen LogP contribution in [0.15, 0.2) is 41.0 Å². The number of furan rings is 1. The van der Waals surface area contributed by atoms with E-state index in [2.05, 4.69) is 4.90 Å². The van der Waals surface area contributed by atoms with Gasteiger partial charge in [0.2, 0.25) is 0 Å². The summed E-state index contributed by atoms with van der Waals surface area (Å²) in [6, 6.07) is 9.32. The summed E-state index contributed by atoms with van der Waals surface area (Å²) in [4.78, 5) is 2.16. The fraction of sp³-hybridized carbons (Fsp3) is 0.500. The van der Waals surface area contributed by atoms with Crippen molar-refractivity contribution in [3.8, 4) is 5.75 Å². The molecule has 0 radical (unpaired) electrons. The van der Waals surface area contributed by atoms with Crippen molar-refractivity contribution in [2.45, 2.75) is 38.5 Å². The highest BCUT2D eigenvalue weighted by atomic mass is 35.5. The lowest BCUT2D eigenvalue weighted by Gasteiger charge is -2.26. The zero-order chi connectivity index (χ0) is 18.4. The van der Waals surface area contributed by atoms with Crippen molar-refractivity contribution < 1.29 is 19.0 Å². The van der Waals surface area contributed by atoms with E-state index in [0.29, 0.717) is 23.9 Å². The third-order valence-electron chi connectivity index (χ3n) is 4.49. The number of rotatable bonds is 9. The maximum atomic E-state index is 10.4. The Kier molecular flexibility index (Phi) is 6.97. The van der Waals surface area contributed by atoms with Gasteiger partial charge in [-0.3, -0.25) is 4.90 Å². The fourth-order valence-electron chi connectivity index (χ4n) is 3.15. The first-order valence-electron chi connectivity index (χ1n) is 9.03. The van der Waals surface area contributed by atoms with E-state index in [1.807, 2.05) is 31.2 Å². The highest BCUT2D eigenvalue weighted by Crippen LogP contribution is 2.21. The maximum Gasteiger partial charge on any atom is 0.119 e. The highest BCUT2D eigenvalue weighted by molar-refractivity contribution is 6.31. The average Bonchev–Trinajstić information content (AvgIpc) is 3.30. The van der Waals surface area contributed by atoms with Crippen LogP contribution in [0.2, 0.25) is 5.02 Å². The van der Waals surface area contributed by atoms with Crippen LogP contribution < -0.4 is 4.74 Å². The van der Waals surface area contributed by atoms with E-state index in [-0.39, 0.29) is 12.7 Å². The van der Waals surface area contributed by atoms with E-state index in [0.717, 1.165) is 37.3 Å². The number of benzene rings is 1. The van der Waals surface area contributed by atoms with Gasteiger partial charge in [0.05, 0.1) is 18.9 Å². The van der Waals surface area contributed by atoms with E-state index in [1.165, 1.54) is 0 Å². The van der Waals surface area contributed by atoms with Crippen LogP contribution in [0.5, 0.6) is 5.75 Å². The number of nitrogens with zero attached hydrogens (tertiary/aromatic N) is 1. The zero-order valence-electron chi connectivity index (χ0n) is 15.1. The number of aliphatic hydroxyl groups excluding tert-OH is 1. The Bertz CT molecular complexity index is 670. The van der Waals surface area contributed by atoms with E-state index in [9.17, 15) is 5.11 Å². The second-order valence-corrected chi connectivity index (χ2v) is 7.19. The summed E-state index contributed by atoms with van der Waals surface area (Å²) in [5.41, 5.74) is 0.955. The predicted octanol–water partition coefficient (Wildman–Crippen LogP) is 3.66. The van der Waals surface area contributed by atoms with Gasteiger partial charge in [0.25, 0.3) is 0 Å². The first kappa shape index (κ1) is 19.2. The van der Waals surface area contributed by atoms with Crippen LogP contribution in [-0.2, 0) is 11.3 Å². The SMILES string of the molecule is Cc1cc(OCC(O)CN(Cc2ccco2)CC2CCCO2)ccc1Cl. The number of aliphatic hydroxyl groups is 1. The van der Waals surface area contributed by atoms with Gasteiger partial charge in [-0.25, -0.2) is 0 Å². The van der Waals surface area contributed by atoms with Gasteiger partial charge in [-0.15, -0.1) is 0 Å². The molecule has 1 aliphatic rings. The van der Waals surface area contributed by atoms with E-state index < -0.39 is 6.10 Å². The van der Waals surface area contributed by atoms with Crippen molar-refractivity contribution in [1.29, 1.82) is 0 Å². The van der Waals surface area contributed by atoms with Crippen LogP contribution in [0.25, 0.3) is 0 Å². The summed E-state index contributed by atoms with van der Waals surface area (Å²) in [6.45, 7) is 4.88. The van der Waals surface area contributed by atoms with Crippen LogP contribution in [0.4, 0.5) is 0 Å². The first-order chi connectivity index (χ1) is 12.6. The molecule has 0 saturated carbocycles. The monoisotopic (exact) mass is 379 g/mol. The van der Waals surface area contributed by atoms with Crippen LogP contribution in [0, 0.1) is 6.92 Å². The van der Waals surface area contributed by atoms with Crippen molar-refractivity contribution >= 4 is 11.6 Å². The van der Waals surface area contributed by atoms with Gasteiger partial charge in [-0.1, -0.05) is 11.6 Å². The summed E-state index contributed by atoms with van der Waals surface area (Å²) in [5.74, 6) is 1.59. The molecular weight excluding hydrogens is 354 g/mol. The lowest BCUT2D eigenvalue weighted by atomic mass is 10.2. The van der Waals surface area contributed by atoms with Crippen LogP contribution in [0.3, 0.4) is 0 Å². The van der Waals surface area contributed by atoms with Gasteiger partial charge >= 0.3 is 0 Å². The predicted molar refractivity (Wildman–Crippen MR) is 101 cm³/mol. The molecule has 1 aromatic heterocycles. The molecule has 5 nitrogen and oxygen atoms in total.